The van der Waals surface area contributed by atoms with Crippen molar-refractivity contribution in [2.45, 2.75) is 56.8 Å². The van der Waals surface area contributed by atoms with Crippen molar-refractivity contribution in [1.29, 1.82) is 0 Å². The van der Waals surface area contributed by atoms with Crippen LogP contribution in [-0.2, 0) is 10.2 Å². The van der Waals surface area contributed by atoms with Crippen molar-refractivity contribution in [2.75, 3.05) is 26.2 Å². The van der Waals surface area contributed by atoms with Crippen LogP contribution < -0.4 is 10.5 Å². The minimum atomic E-state index is -0.0908. The number of nitrogens with zero attached hydrogens (tertiary/aromatic N) is 1. The van der Waals surface area contributed by atoms with E-state index in [9.17, 15) is 9.18 Å². The topological polar surface area (TPSA) is 55.6 Å². The minimum absolute atomic E-state index is 0.0908. The second kappa shape index (κ2) is 7.86. The Kier molecular flexibility index (Phi) is 5.46. The third-order valence-electron chi connectivity index (χ3n) is 7.40. The zero-order chi connectivity index (χ0) is 19.6. The predicted molar refractivity (Wildman–Crippen MR) is 108 cm³/mol. The molecule has 1 saturated heterocycles. The van der Waals surface area contributed by atoms with E-state index < -0.39 is 0 Å². The van der Waals surface area contributed by atoms with Crippen molar-refractivity contribution >= 4 is 5.91 Å². The predicted octanol–water partition coefficient (Wildman–Crippen LogP) is 4.09. The van der Waals surface area contributed by atoms with Crippen LogP contribution in [-0.4, -0.2) is 37.0 Å². The van der Waals surface area contributed by atoms with Crippen LogP contribution >= 0.6 is 0 Å². The Balaban J connectivity index is 1.40. The number of amides is 1. The molecule has 5 heteroatoms. The smallest absolute Gasteiger partial charge is 0.228 e. The highest BCUT2D eigenvalue weighted by Gasteiger charge is 2.53. The molecule has 5 rings (SSSR count). The zero-order valence-corrected chi connectivity index (χ0v) is 16.6. The number of hydrogen-bond acceptors (Lipinski definition) is 3. The lowest BCUT2D eigenvalue weighted by molar-refractivity contribution is -0.148. The molecule has 2 N–H and O–H groups in total. The number of ether oxygens (including phenoxy) is 1. The number of carbonyl (C=O) groups is 1. The zero-order valence-electron chi connectivity index (χ0n) is 16.6. The maximum atomic E-state index is 13.1. The van der Waals surface area contributed by atoms with E-state index in [2.05, 4.69) is 17.0 Å². The lowest BCUT2D eigenvalue weighted by Crippen LogP contribution is -2.52. The molecule has 152 valence electrons. The molecule has 3 saturated carbocycles. The first kappa shape index (κ1) is 19.4. The van der Waals surface area contributed by atoms with Crippen molar-refractivity contribution in [2.24, 2.45) is 11.1 Å². The summed E-state index contributed by atoms with van der Waals surface area (Å²) in [6.07, 6.45) is 9.17. The Labute approximate surface area is 166 Å². The molecule has 3 aliphatic carbocycles. The fourth-order valence-corrected chi connectivity index (χ4v) is 5.41. The molecule has 0 radical (unpaired) electrons. The minimum Gasteiger partial charge on any atom is -0.489 e. The van der Waals surface area contributed by atoms with E-state index in [0.717, 1.165) is 70.2 Å². The number of likely N-dealkylation sites (tertiary alicyclic amines) is 1. The van der Waals surface area contributed by atoms with Crippen molar-refractivity contribution in [3.8, 4) is 5.75 Å². The maximum Gasteiger partial charge on any atom is 0.228 e. The lowest BCUT2D eigenvalue weighted by Gasteiger charge is -2.53. The summed E-state index contributed by atoms with van der Waals surface area (Å²) in [6, 6.07) is 8.25. The quantitative estimate of drug-likeness (QED) is 0.801. The van der Waals surface area contributed by atoms with E-state index in [4.69, 9.17) is 10.5 Å². The summed E-state index contributed by atoms with van der Waals surface area (Å²) in [5, 5.41) is 0. The number of nitrogens with two attached hydrogens (primary N) is 1. The summed E-state index contributed by atoms with van der Waals surface area (Å²) in [6.45, 7) is 2.25. The van der Waals surface area contributed by atoms with Gasteiger partial charge in [-0.05, 0) is 74.5 Å². The van der Waals surface area contributed by atoms with Gasteiger partial charge in [-0.2, -0.15) is 0 Å². The van der Waals surface area contributed by atoms with E-state index >= 15 is 0 Å². The molecule has 4 aliphatic rings. The van der Waals surface area contributed by atoms with Gasteiger partial charge in [0.25, 0.3) is 0 Å². The van der Waals surface area contributed by atoms with Gasteiger partial charge < -0.3 is 15.4 Å². The molecular formula is C23H31FN2O2. The van der Waals surface area contributed by atoms with Gasteiger partial charge in [-0.25, -0.2) is 4.39 Å². The molecule has 0 spiro atoms. The maximum absolute atomic E-state index is 13.1. The fourth-order valence-electron chi connectivity index (χ4n) is 5.41. The van der Waals surface area contributed by atoms with Gasteiger partial charge in [0.2, 0.25) is 5.91 Å². The Morgan fingerprint density at radius 3 is 2.21 bits per heavy atom. The second-order valence-electron chi connectivity index (χ2n) is 8.84. The Bertz CT molecular complexity index is 713. The highest BCUT2D eigenvalue weighted by atomic mass is 19.1. The Morgan fingerprint density at radius 1 is 1.07 bits per heavy atom. The van der Waals surface area contributed by atoms with Gasteiger partial charge in [-0.15, -0.1) is 0 Å². The molecule has 2 bridgehead atoms. The molecule has 1 amide bonds. The number of benzene rings is 1. The van der Waals surface area contributed by atoms with E-state index in [1.807, 2.05) is 12.1 Å². The average Bonchev–Trinajstić information content (AvgIpc) is 3.30. The first-order chi connectivity index (χ1) is 13.6. The molecule has 28 heavy (non-hydrogen) atoms. The number of fused-ring (bicyclic) bond motifs is 3. The van der Waals surface area contributed by atoms with Crippen LogP contribution in [0.5, 0.6) is 5.75 Å². The molecule has 1 heterocycles. The van der Waals surface area contributed by atoms with E-state index in [-0.39, 0.29) is 24.0 Å². The van der Waals surface area contributed by atoms with Gasteiger partial charge in [0.15, 0.2) is 0 Å². The third kappa shape index (κ3) is 3.45. The molecule has 1 aliphatic heterocycles. The van der Waals surface area contributed by atoms with E-state index in [0.29, 0.717) is 17.8 Å². The van der Waals surface area contributed by atoms with Crippen molar-refractivity contribution in [3.63, 3.8) is 0 Å². The summed E-state index contributed by atoms with van der Waals surface area (Å²) in [7, 11) is 0. The molecule has 0 unspecified atom stereocenters. The van der Waals surface area contributed by atoms with E-state index in [1.54, 1.807) is 0 Å². The Hall–Kier alpha value is -1.88. The van der Waals surface area contributed by atoms with Gasteiger partial charge >= 0.3 is 0 Å². The van der Waals surface area contributed by atoms with Crippen LogP contribution in [0.2, 0.25) is 0 Å². The summed E-state index contributed by atoms with van der Waals surface area (Å²) in [5.74, 6) is 1.16. The monoisotopic (exact) mass is 386 g/mol. The normalized spacial score (nSPS) is 29.9. The van der Waals surface area contributed by atoms with Crippen molar-refractivity contribution < 1.29 is 13.9 Å². The number of halogens is 1. The highest BCUT2D eigenvalue weighted by molar-refractivity contribution is 5.83. The second-order valence-corrected chi connectivity index (χ2v) is 8.84. The van der Waals surface area contributed by atoms with Gasteiger partial charge in [0, 0.05) is 30.6 Å². The molecule has 0 atom stereocenters. The fraction of sp³-hybridized carbons (Fsp3) is 0.609. The molecule has 1 aromatic rings. The van der Waals surface area contributed by atoms with Gasteiger partial charge in [-0.3, -0.25) is 4.79 Å². The molecular weight excluding hydrogens is 355 g/mol. The van der Waals surface area contributed by atoms with E-state index in [1.165, 1.54) is 5.56 Å². The van der Waals surface area contributed by atoms with Gasteiger partial charge in [0.1, 0.15) is 12.4 Å². The van der Waals surface area contributed by atoms with Crippen molar-refractivity contribution in [3.05, 3.63) is 41.7 Å². The molecule has 0 aromatic heterocycles. The molecule has 4 fully saturated rings. The van der Waals surface area contributed by atoms with Crippen LogP contribution in [0.1, 0.15) is 56.9 Å². The van der Waals surface area contributed by atoms with Crippen LogP contribution in [0.25, 0.3) is 0 Å². The lowest BCUT2D eigenvalue weighted by atomic mass is 9.51. The number of carbonyl (C=O) groups excluding carboxylic acids is 1. The SMILES string of the molecule is NC/C(=C\F)COc1ccc(C23CCC(C(=O)N4CCCC4)(CC2)CC3)cc1. The van der Waals surface area contributed by atoms with Gasteiger partial charge in [-0.1, -0.05) is 12.1 Å². The molecule has 4 nitrogen and oxygen atoms in total. The van der Waals surface area contributed by atoms with Crippen LogP contribution in [0.15, 0.2) is 36.2 Å². The van der Waals surface area contributed by atoms with Crippen LogP contribution in [0, 0.1) is 5.41 Å². The van der Waals surface area contributed by atoms with Gasteiger partial charge in [0.05, 0.1) is 6.33 Å². The summed E-state index contributed by atoms with van der Waals surface area (Å²) >= 11 is 0. The first-order valence-corrected chi connectivity index (χ1v) is 10.6. The number of hydrogen-bond donors (Lipinski definition) is 1. The standard InChI is InChI=1S/C23H31FN2O2/c24-15-18(16-25)17-28-20-5-3-19(4-6-20)22-7-10-23(11-8-22,12-9-22)21(27)26-13-1-2-14-26/h3-6,15H,1-2,7-14,16-17,25H2/b18-15+. The van der Waals surface area contributed by atoms with Crippen LogP contribution in [0.3, 0.4) is 0 Å². The summed E-state index contributed by atoms with van der Waals surface area (Å²) in [5.41, 5.74) is 7.37. The largest absolute Gasteiger partial charge is 0.489 e. The highest BCUT2D eigenvalue weighted by Crippen LogP contribution is 2.58. The Morgan fingerprint density at radius 2 is 1.68 bits per heavy atom. The average molecular weight is 387 g/mol. The van der Waals surface area contributed by atoms with Crippen molar-refractivity contribution in [1.82, 2.24) is 4.90 Å². The number of rotatable bonds is 6. The summed E-state index contributed by atoms with van der Waals surface area (Å²) < 4.78 is 18.2. The summed E-state index contributed by atoms with van der Waals surface area (Å²) in [4.78, 5) is 15.2. The first-order valence-electron chi connectivity index (χ1n) is 10.6. The molecule has 1 aromatic carbocycles. The third-order valence-corrected chi connectivity index (χ3v) is 7.40. The van der Waals surface area contributed by atoms with Crippen LogP contribution in [0.4, 0.5) is 4.39 Å².